The van der Waals surface area contributed by atoms with Crippen LogP contribution >= 0.6 is 0 Å². The fraction of sp³-hybridized carbons (Fsp3) is 0.462. The number of ether oxygens (including phenoxy) is 1. The summed E-state index contributed by atoms with van der Waals surface area (Å²) in [5.41, 5.74) is 1.29. The second-order valence-corrected chi connectivity index (χ2v) is 4.71. The summed E-state index contributed by atoms with van der Waals surface area (Å²) in [5.74, 6) is -0.995. The quantitative estimate of drug-likeness (QED) is 0.751. The van der Waals surface area contributed by atoms with Gasteiger partial charge in [0.2, 0.25) is 0 Å². The van der Waals surface area contributed by atoms with Crippen LogP contribution in [0.1, 0.15) is 10.4 Å². The molecular formula is C13H18N4O3. The molecule has 0 unspecified atom stereocenters. The van der Waals surface area contributed by atoms with Crippen LogP contribution in [0.2, 0.25) is 0 Å². The molecule has 0 aliphatic heterocycles. The highest BCUT2D eigenvalue weighted by atomic mass is 16.5. The monoisotopic (exact) mass is 278 g/mol. The fourth-order valence-corrected chi connectivity index (χ4v) is 1.83. The van der Waals surface area contributed by atoms with Gasteiger partial charge < -0.3 is 14.7 Å². The normalized spacial score (nSPS) is 11.3. The van der Waals surface area contributed by atoms with E-state index >= 15 is 0 Å². The van der Waals surface area contributed by atoms with Crippen molar-refractivity contribution in [3.05, 3.63) is 23.8 Å². The third kappa shape index (κ3) is 3.31. The largest absolute Gasteiger partial charge is 0.478 e. The van der Waals surface area contributed by atoms with Crippen LogP contribution in [0.15, 0.2) is 18.2 Å². The lowest BCUT2D eigenvalue weighted by atomic mass is 10.2. The first kappa shape index (κ1) is 14.4. The molecule has 0 aliphatic carbocycles. The van der Waals surface area contributed by atoms with Crippen LogP contribution in [-0.2, 0) is 11.3 Å². The maximum atomic E-state index is 11.1. The van der Waals surface area contributed by atoms with Gasteiger partial charge in [-0.1, -0.05) is 11.3 Å². The SMILES string of the molecule is CN(C)CCOCCn1nnc2c(C(=O)O)cccc21. The number of carbonyl (C=O) groups is 1. The van der Waals surface area contributed by atoms with Gasteiger partial charge in [-0.05, 0) is 26.2 Å². The number of fused-ring (bicyclic) bond motifs is 1. The fourth-order valence-electron chi connectivity index (χ4n) is 1.83. The Morgan fingerprint density at radius 1 is 1.40 bits per heavy atom. The van der Waals surface area contributed by atoms with E-state index in [1.54, 1.807) is 10.7 Å². The van der Waals surface area contributed by atoms with Crippen LogP contribution in [0.25, 0.3) is 11.0 Å². The van der Waals surface area contributed by atoms with Gasteiger partial charge in [0, 0.05) is 6.54 Å². The number of hydrogen-bond acceptors (Lipinski definition) is 5. The summed E-state index contributed by atoms with van der Waals surface area (Å²) in [6.07, 6.45) is 0. The molecule has 0 amide bonds. The van der Waals surface area contributed by atoms with Crippen molar-refractivity contribution < 1.29 is 14.6 Å². The first-order valence-electron chi connectivity index (χ1n) is 6.37. The van der Waals surface area contributed by atoms with Crippen molar-refractivity contribution in [2.45, 2.75) is 6.54 Å². The van der Waals surface area contributed by atoms with Crippen LogP contribution in [-0.4, -0.2) is 64.8 Å². The predicted molar refractivity (Wildman–Crippen MR) is 73.9 cm³/mol. The summed E-state index contributed by atoms with van der Waals surface area (Å²) >= 11 is 0. The van der Waals surface area contributed by atoms with E-state index in [1.165, 1.54) is 6.07 Å². The van der Waals surface area contributed by atoms with Crippen molar-refractivity contribution in [3.8, 4) is 0 Å². The molecule has 7 heteroatoms. The van der Waals surface area contributed by atoms with Gasteiger partial charge in [0.15, 0.2) is 0 Å². The van der Waals surface area contributed by atoms with E-state index in [1.807, 2.05) is 25.1 Å². The van der Waals surface area contributed by atoms with Crippen molar-refractivity contribution in [2.24, 2.45) is 0 Å². The Balaban J connectivity index is 2.01. The number of carboxylic acid groups (broad SMARTS) is 1. The third-order valence-corrected chi connectivity index (χ3v) is 2.91. The first-order chi connectivity index (χ1) is 9.59. The zero-order valence-corrected chi connectivity index (χ0v) is 11.6. The number of likely N-dealkylation sites (N-methyl/N-ethyl adjacent to an activating group) is 1. The molecule has 0 saturated heterocycles. The van der Waals surface area contributed by atoms with Gasteiger partial charge >= 0.3 is 5.97 Å². The Bertz CT molecular complexity index is 594. The Kier molecular flexibility index (Phi) is 4.65. The van der Waals surface area contributed by atoms with Crippen molar-refractivity contribution in [1.82, 2.24) is 19.9 Å². The average Bonchev–Trinajstić information content (AvgIpc) is 2.81. The van der Waals surface area contributed by atoms with E-state index in [0.29, 0.717) is 30.8 Å². The molecule has 1 N–H and O–H groups in total. The standard InChI is InChI=1S/C13H18N4O3/c1-16(2)6-8-20-9-7-17-11-5-3-4-10(13(18)19)12(11)14-15-17/h3-5H,6-9H2,1-2H3,(H,18,19). The van der Waals surface area contributed by atoms with Crippen molar-refractivity contribution in [1.29, 1.82) is 0 Å². The smallest absolute Gasteiger partial charge is 0.338 e. The molecule has 108 valence electrons. The van der Waals surface area contributed by atoms with Gasteiger partial charge in [-0.25, -0.2) is 9.48 Å². The summed E-state index contributed by atoms with van der Waals surface area (Å²) in [6, 6.07) is 5.03. The highest BCUT2D eigenvalue weighted by Gasteiger charge is 2.13. The van der Waals surface area contributed by atoms with Crippen LogP contribution < -0.4 is 0 Å². The maximum Gasteiger partial charge on any atom is 0.338 e. The molecule has 0 bridgehead atoms. The second kappa shape index (κ2) is 6.44. The number of rotatable bonds is 7. The molecule has 0 radical (unpaired) electrons. The highest BCUT2D eigenvalue weighted by Crippen LogP contribution is 2.15. The molecular weight excluding hydrogens is 260 g/mol. The van der Waals surface area contributed by atoms with Crippen LogP contribution in [0.4, 0.5) is 0 Å². The molecule has 0 aliphatic rings. The Morgan fingerprint density at radius 2 is 2.20 bits per heavy atom. The third-order valence-electron chi connectivity index (χ3n) is 2.91. The minimum atomic E-state index is -0.995. The molecule has 7 nitrogen and oxygen atoms in total. The van der Waals surface area contributed by atoms with Crippen molar-refractivity contribution in [3.63, 3.8) is 0 Å². The molecule has 1 aromatic carbocycles. The van der Waals surface area contributed by atoms with E-state index in [2.05, 4.69) is 10.3 Å². The number of hydrogen-bond donors (Lipinski definition) is 1. The number of nitrogens with zero attached hydrogens (tertiary/aromatic N) is 4. The minimum Gasteiger partial charge on any atom is -0.478 e. The zero-order chi connectivity index (χ0) is 14.5. The van der Waals surface area contributed by atoms with E-state index in [9.17, 15) is 4.79 Å². The Morgan fingerprint density at radius 3 is 2.90 bits per heavy atom. The van der Waals surface area contributed by atoms with Crippen molar-refractivity contribution in [2.75, 3.05) is 33.9 Å². The van der Waals surface area contributed by atoms with Gasteiger partial charge in [0.05, 0.1) is 30.8 Å². The second-order valence-electron chi connectivity index (χ2n) is 4.71. The molecule has 0 atom stereocenters. The Labute approximate surface area is 116 Å². The Hall–Kier alpha value is -1.99. The number of benzene rings is 1. The van der Waals surface area contributed by atoms with Crippen LogP contribution in [0.5, 0.6) is 0 Å². The average molecular weight is 278 g/mol. The molecule has 1 heterocycles. The molecule has 20 heavy (non-hydrogen) atoms. The number of carboxylic acids is 1. The lowest BCUT2D eigenvalue weighted by Crippen LogP contribution is -2.19. The lowest BCUT2D eigenvalue weighted by Gasteiger charge is -2.09. The predicted octanol–water partition coefficient (Wildman–Crippen LogP) is 0.708. The summed E-state index contributed by atoms with van der Waals surface area (Å²) < 4.78 is 7.16. The number of aromatic carboxylic acids is 1. The van der Waals surface area contributed by atoms with Gasteiger partial charge in [-0.15, -0.1) is 5.10 Å². The zero-order valence-electron chi connectivity index (χ0n) is 11.6. The summed E-state index contributed by atoms with van der Waals surface area (Å²) in [5, 5.41) is 17.0. The molecule has 2 rings (SSSR count). The minimum absolute atomic E-state index is 0.169. The summed E-state index contributed by atoms with van der Waals surface area (Å²) in [7, 11) is 3.98. The van der Waals surface area contributed by atoms with Gasteiger partial charge in [-0.2, -0.15) is 0 Å². The van der Waals surface area contributed by atoms with E-state index in [4.69, 9.17) is 9.84 Å². The molecule has 0 spiro atoms. The maximum absolute atomic E-state index is 11.1. The summed E-state index contributed by atoms with van der Waals surface area (Å²) in [4.78, 5) is 13.1. The van der Waals surface area contributed by atoms with E-state index < -0.39 is 5.97 Å². The van der Waals surface area contributed by atoms with Gasteiger partial charge in [0.25, 0.3) is 0 Å². The van der Waals surface area contributed by atoms with Gasteiger partial charge in [-0.3, -0.25) is 0 Å². The van der Waals surface area contributed by atoms with Crippen molar-refractivity contribution >= 4 is 17.0 Å². The first-order valence-corrected chi connectivity index (χ1v) is 6.37. The highest BCUT2D eigenvalue weighted by molar-refractivity contribution is 6.00. The summed E-state index contributed by atoms with van der Waals surface area (Å²) in [6.45, 7) is 2.58. The van der Waals surface area contributed by atoms with E-state index in [-0.39, 0.29) is 5.56 Å². The van der Waals surface area contributed by atoms with E-state index in [0.717, 1.165) is 6.54 Å². The lowest BCUT2D eigenvalue weighted by molar-refractivity contribution is 0.0699. The molecule has 2 aromatic rings. The molecule has 0 fully saturated rings. The number of aromatic nitrogens is 3. The van der Waals surface area contributed by atoms with Crippen LogP contribution in [0.3, 0.4) is 0 Å². The van der Waals surface area contributed by atoms with Gasteiger partial charge in [0.1, 0.15) is 5.52 Å². The molecule has 1 aromatic heterocycles. The molecule has 0 saturated carbocycles. The topological polar surface area (TPSA) is 80.5 Å². The van der Waals surface area contributed by atoms with Crippen LogP contribution in [0, 0.1) is 0 Å².